The number of hydrogen-bond donors (Lipinski definition) is 2. The summed E-state index contributed by atoms with van der Waals surface area (Å²) in [6, 6.07) is 8.29. The quantitative estimate of drug-likeness (QED) is 0.908. The Balaban J connectivity index is 1.78. The van der Waals surface area contributed by atoms with Crippen LogP contribution in [0.3, 0.4) is 0 Å². The fourth-order valence-corrected chi connectivity index (χ4v) is 3.55. The minimum atomic E-state index is 0.270. The van der Waals surface area contributed by atoms with Crippen LogP contribution in [0.4, 0.5) is 0 Å². The molecular weight excluding hydrogens is 284 g/mol. The number of nitrogens with one attached hydrogen (secondary N) is 1. The zero-order valence-corrected chi connectivity index (χ0v) is 12.8. The maximum absolute atomic E-state index is 9.50. The minimum absolute atomic E-state index is 0.270. The molecule has 4 heteroatoms. The highest BCUT2D eigenvalue weighted by Gasteiger charge is 2.24. The van der Waals surface area contributed by atoms with Crippen molar-refractivity contribution in [1.82, 2.24) is 10.3 Å². The van der Waals surface area contributed by atoms with Crippen LogP contribution >= 0.6 is 11.6 Å². The molecule has 0 amide bonds. The van der Waals surface area contributed by atoms with Crippen LogP contribution in [-0.2, 0) is 6.54 Å². The summed E-state index contributed by atoms with van der Waals surface area (Å²) in [5.74, 6) is 0.372. The molecule has 0 spiro atoms. The predicted molar refractivity (Wildman–Crippen MR) is 86.4 cm³/mol. The van der Waals surface area contributed by atoms with Crippen LogP contribution in [-0.4, -0.2) is 22.7 Å². The molecule has 0 bridgehead atoms. The number of pyridine rings is 1. The highest BCUT2D eigenvalue weighted by atomic mass is 35.5. The lowest BCUT2D eigenvalue weighted by Crippen LogP contribution is -2.39. The third-order valence-electron chi connectivity index (χ3n) is 4.45. The average molecular weight is 305 g/mol. The Bertz CT molecular complexity index is 617. The normalized spacial score (nSPS) is 22.6. The van der Waals surface area contributed by atoms with Crippen LogP contribution in [0.2, 0.25) is 5.02 Å². The summed E-state index contributed by atoms with van der Waals surface area (Å²) in [4.78, 5) is 4.48. The topological polar surface area (TPSA) is 45.1 Å². The van der Waals surface area contributed by atoms with Crippen molar-refractivity contribution in [3.63, 3.8) is 0 Å². The lowest BCUT2D eigenvalue weighted by molar-refractivity contribution is 0.152. The summed E-state index contributed by atoms with van der Waals surface area (Å²) < 4.78 is 0. The van der Waals surface area contributed by atoms with E-state index in [0.717, 1.165) is 40.9 Å². The average Bonchev–Trinajstić information content (AvgIpc) is 2.52. The molecule has 2 aromatic rings. The van der Waals surface area contributed by atoms with E-state index in [2.05, 4.69) is 10.3 Å². The van der Waals surface area contributed by atoms with Gasteiger partial charge in [0.05, 0.1) is 5.52 Å². The molecule has 0 saturated heterocycles. The molecule has 2 unspecified atom stereocenters. The number of aliphatic hydroxyl groups excluding tert-OH is 1. The van der Waals surface area contributed by atoms with Crippen molar-refractivity contribution in [3.8, 4) is 0 Å². The van der Waals surface area contributed by atoms with E-state index in [0.29, 0.717) is 12.0 Å². The molecule has 2 atom stereocenters. The van der Waals surface area contributed by atoms with Gasteiger partial charge in [0.25, 0.3) is 0 Å². The maximum Gasteiger partial charge on any atom is 0.0747 e. The van der Waals surface area contributed by atoms with E-state index >= 15 is 0 Å². The van der Waals surface area contributed by atoms with Crippen LogP contribution in [0.15, 0.2) is 30.5 Å². The van der Waals surface area contributed by atoms with Gasteiger partial charge < -0.3 is 10.4 Å². The Labute approximate surface area is 130 Å². The third kappa shape index (κ3) is 3.37. The van der Waals surface area contributed by atoms with Gasteiger partial charge >= 0.3 is 0 Å². The highest BCUT2D eigenvalue weighted by Crippen LogP contribution is 2.26. The van der Waals surface area contributed by atoms with Crippen molar-refractivity contribution in [1.29, 1.82) is 0 Å². The summed E-state index contributed by atoms with van der Waals surface area (Å²) >= 11 is 6.21. The summed E-state index contributed by atoms with van der Waals surface area (Å²) in [7, 11) is 0. The molecule has 21 heavy (non-hydrogen) atoms. The van der Waals surface area contributed by atoms with Crippen LogP contribution in [0, 0.1) is 5.92 Å². The lowest BCUT2D eigenvalue weighted by Gasteiger charge is -2.31. The van der Waals surface area contributed by atoms with E-state index in [9.17, 15) is 5.11 Å². The number of rotatable bonds is 4. The number of aromatic nitrogens is 1. The van der Waals surface area contributed by atoms with Crippen molar-refractivity contribution in [2.45, 2.75) is 38.3 Å². The number of fused-ring (bicyclic) bond motifs is 1. The van der Waals surface area contributed by atoms with Crippen molar-refractivity contribution in [3.05, 3.63) is 41.0 Å². The van der Waals surface area contributed by atoms with Gasteiger partial charge in [-0.2, -0.15) is 0 Å². The van der Waals surface area contributed by atoms with Crippen molar-refractivity contribution in [2.75, 3.05) is 6.61 Å². The molecule has 1 aromatic heterocycles. The molecule has 1 heterocycles. The Hall–Kier alpha value is -1.16. The molecule has 3 nitrogen and oxygen atoms in total. The summed E-state index contributed by atoms with van der Waals surface area (Å²) in [6.07, 6.45) is 6.53. The Morgan fingerprint density at radius 3 is 3.00 bits per heavy atom. The van der Waals surface area contributed by atoms with Gasteiger partial charge in [0.1, 0.15) is 0 Å². The Kier molecular flexibility index (Phi) is 4.73. The molecule has 0 aliphatic heterocycles. The molecule has 1 aromatic carbocycles. The summed E-state index contributed by atoms with van der Waals surface area (Å²) in [6.45, 7) is 1.02. The van der Waals surface area contributed by atoms with E-state index in [-0.39, 0.29) is 6.61 Å². The molecule has 0 radical (unpaired) electrons. The summed E-state index contributed by atoms with van der Waals surface area (Å²) in [5, 5.41) is 14.9. The van der Waals surface area contributed by atoms with Crippen LogP contribution in [0.1, 0.15) is 31.2 Å². The molecule has 1 aliphatic rings. The van der Waals surface area contributed by atoms with Crippen molar-refractivity contribution in [2.24, 2.45) is 5.92 Å². The van der Waals surface area contributed by atoms with Crippen LogP contribution < -0.4 is 5.32 Å². The standard InChI is InChI=1S/C17H21ClN2O/c18-15-8-12-5-3-7-19-17(12)14(9-15)10-20-16-6-2-1-4-13(16)11-21/h3,5,7-9,13,16,20-21H,1-2,4,6,10-11H2. The predicted octanol–water partition coefficient (Wildman–Crippen LogP) is 3.53. The van der Waals surface area contributed by atoms with Gasteiger partial charge in [-0.3, -0.25) is 4.98 Å². The second-order valence-electron chi connectivity index (χ2n) is 5.85. The molecule has 2 N–H and O–H groups in total. The zero-order chi connectivity index (χ0) is 14.7. The number of halogens is 1. The molecule has 1 aliphatic carbocycles. The fraction of sp³-hybridized carbons (Fsp3) is 0.471. The van der Waals surface area contributed by atoms with Crippen LogP contribution in [0.25, 0.3) is 10.9 Å². The number of benzene rings is 1. The van der Waals surface area contributed by atoms with Gasteiger partial charge in [-0.05, 0) is 42.5 Å². The largest absolute Gasteiger partial charge is 0.396 e. The lowest BCUT2D eigenvalue weighted by atomic mass is 9.85. The maximum atomic E-state index is 9.50. The molecule has 112 valence electrons. The van der Waals surface area contributed by atoms with Crippen molar-refractivity contribution >= 4 is 22.5 Å². The van der Waals surface area contributed by atoms with Gasteiger partial charge in [-0.25, -0.2) is 0 Å². The van der Waals surface area contributed by atoms with Crippen LogP contribution in [0.5, 0.6) is 0 Å². The molecular formula is C17H21ClN2O. The first-order valence-electron chi connectivity index (χ1n) is 7.65. The van der Waals surface area contributed by atoms with E-state index < -0.39 is 0 Å². The monoisotopic (exact) mass is 304 g/mol. The third-order valence-corrected chi connectivity index (χ3v) is 4.67. The second-order valence-corrected chi connectivity index (χ2v) is 6.29. The van der Waals surface area contributed by atoms with Gasteiger partial charge in [-0.1, -0.05) is 30.5 Å². The van der Waals surface area contributed by atoms with E-state index in [1.165, 1.54) is 12.8 Å². The van der Waals surface area contributed by atoms with Gasteiger partial charge in [0.15, 0.2) is 0 Å². The minimum Gasteiger partial charge on any atom is -0.396 e. The van der Waals surface area contributed by atoms with E-state index in [1.807, 2.05) is 30.5 Å². The van der Waals surface area contributed by atoms with E-state index in [1.54, 1.807) is 0 Å². The highest BCUT2D eigenvalue weighted by molar-refractivity contribution is 6.31. The van der Waals surface area contributed by atoms with Gasteiger partial charge in [0, 0.05) is 35.8 Å². The SMILES string of the molecule is OCC1CCCCC1NCc1cc(Cl)cc2cccnc12. The number of hydrogen-bond acceptors (Lipinski definition) is 3. The summed E-state index contributed by atoms with van der Waals surface area (Å²) in [5.41, 5.74) is 2.13. The van der Waals surface area contributed by atoms with Crippen molar-refractivity contribution < 1.29 is 5.11 Å². The Morgan fingerprint density at radius 2 is 2.14 bits per heavy atom. The first-order chi connectivity index (χ1) is 10.3. The first-order valence-corrected chi connectivity index (χ1v) is 8.03. The number of aliphatic hydroxyl groups is 1. The molecule has 1 saturated carbocycles. The Morgan fingerprint density at radius 1 is 1.29 bits per heavy atom. The molecule has 3 rings (SSSR count). The van der Waals surface area contributed by atoms with Gasteiger partial charge in [0.2, 0.25) is 0 Å². The smallest absolute Gasteiger partial charge is 0.0747 e. The fourth-order valence-electron chi connectivity index (χ4n) is 3.30. The first kappa shape index (κ1) is 14.8. The zero-order valence-electron chi connectivity index (χ0n) is 12.1. The van der Waals surface area contributed by atoms with Gasteiger partial charge in [-0.15, -0.1) is 0 Å². The second kappa shape index (κ2) is 6.73. The molecule has 1 fully saturated rings. The number of nitrogens with zero attached hydrogens (tertiary/aromatic N) is 1. The van der Waals surface area contributed by atoms with E-state index in [4.69, 9.17) is 11.6 Å².